The van der Waals surface area contributed by atoms with E-state index in [4.69, 9.17) is 4.74 Å². The summed E-state index contributed by atoms with van der Waals surface area (Å²) in [4.78, 5) is 11.6. The molecule has 2 aromatic carbocycles. The van der Waals surface area contributed by atoms with Crippen LogP contribution in [0.3, 0.4) is 0 Å². The molecular weight excluding hydrogens is 360 g/mol. The van der Waals surface area contributed by atoms with Gasteiger partial charge in [0, 0.05) is 3.57 Å². The highest BCUT2D eigenvalue weighted by molar-refractivity contribution is 14.1. The van der Waals surface area contributed by atoms with Crippen LogP contribution in [0.1, 0.15) is 5.56 Å². The number of benzene rings is 2. The van der Waals surface area contributed by atoms with Crippen LogP contribution in [0.2, 0.25) is 0 Å². The quantitative estimate of drug-likeness (QED) is 0.823. The van der Waals surface area contributed by atoms with Crippen LogP contribution in [0.25, 0.3) is 0 Å². The highest BCUT2D eigenvalue weighted by atomic mass is 127. The third kappa shape index (κ3) is 4.20. The van der Waals surface area contributed by atoms with Crippen molar-refractivity contribution in [2.24, 2.45) is 0 Å². The van der Waals surface area contributed by atoms with Gasteiger partial charge in [-0.25, -0.2) is 9.18 Å². The van der Waals surface area contributed by atoms with E-state index in [1.807, 2.05) is 52.9 Å². The predicted octanol–water partition coefficient (Wildman–Crippen LogP) is 4.18. The normalized spacial score (nSPS) is 10.0. The number of rotatable bonds is 3. The predicted molar refractivity (Wildman–Crippen MR) is 79.4 cm³/mol. The van der Waals surface area contributed by atoms with Crippen molar-refractivity contribution in [2.45, 2.75) is 6.61 Å². The summed E-state index contributed by atoms with van der Waals surface area (Å²) in [5.74, 6) is -0.404. The summed E-state index contributed by atoms with van der Waals surface area (Å²) in [5.41, 5.74) is 1.30. The van der Waals surface area contributed by atoms with Gasteiger partial charge in [-0.15, -0.1) is 0 Å². The summed E-state index contributed by atoms with van der Waals surface area (Å²) in [6.45, 7) is 0.179. The van der Waals surface area contributed by atoms with Crippen molar-refractivity contribution in [1.82, 2.24) is 0 Å². The molecule has 5 heteroatoms. The first-order valence-corrected chi connectivity index (χ1v) is 6.66. The lowest BCUT2D eigenvalue weighted by Crippen LogP contribution is -2.14. The molecule has 0 aliphatic rings. The number of anilines is 1. The Labute approximate surface area is 123 Å². The van der Waals surface area contributed by atoms with Crippen LogP contribution >= 0.6 is 22.6 Å². The van der Waals surface area contributed by atoms with E-state index in [0.29, 0.717) is 5.69 Å². The van der Waals surface area contributed by atoms with Crippen LogP contribution in [0.4, 0.5) is 14.9 Å². The zero-order valence-electron chi connectivity index (χ0n) is 9.90. The summed E-state index contributed by atoms with van der Waals surface area (Å²) in [6, 6.07) is 13.5. The number of amides is 1. The summed E-state index contributed by atoms with van der Waals surface area (Å²) in [5, 5.41) is 2.51. The highest BCUT2D eigenvalue weighted by Crippen LogP contribution is 2.19. The highest BCUT2D eigenvalue weighted by Gasteiger charge is 2.07. The van der Waals surface area contributed by atoms with Gasteiger partial charge in [0.2, 0.25) is 0 Å². The molecule has 1 N–H and O–H groups in total. The Balaban J connectivity index is 1.93. The molecular formula is C14H11FINO2. The first kappa shape index (κ1) is 13.8. The smallest absolute Gasteiger partial charge is 0.411 e. The maximum atomic E-state index is 13.1. The largest absolute Gasteiger partial charge is 0.444 e. The van der Waals surface area contributed by atoms with Crippen molar-refractivity contribution in [3.05, 3.63) is 63.5 Å². The van der Waals surface area contributed by atoms with Crippen molar-refractivity contribution in [1.29, 1.82) is 0 Å². The van der Waals surface area contributed by atoms with Gasteiger partial charge in [0.05, 0.1) is 5.69 Å². The number of nitrogens with one attached hydrogen (secondary N) is 1. The van der Waals surface area contributed by atoms with Crippen molar-refractivity contribution in [3.63, 3.8) is 0 Å². The molecule has 1 amide bonds. The summed E-state index contributed by atoms with van der Waals surface area (Å²) < 4.78 is 18.8. The SMILES string of the molecule is O=C(Nc1cc(F)ccc1I)OCc1ccccc1. The van der Waals surface area contributed by atoms with Crippen molar-refractivity contribution in [3.8, 4) is 0 Å². The lowest BCUT2D eigenvalue weighted by Gasteiger charge is -2.08. The Bertz CT molecular complexity index is 575. The topological polar surface area (TPSA) is 38.3 Å². The fraction of sp³-hybridized carbons (Fsp3) is 0.0714. The molecule has 0 saturated heterocycles. The van der Waals surface area contributed by atoms with Crippen LogP contribution in [-0.2, 0) is 11.3 Å². The van der Waals surface area contributed by atoms with Crippen LogP contribution in [0, 0.1) is 9.39 Å². The maximum Gasteiger partial charge on any atom is 0.411 e. The molecule has 0 spiro atoms. The van der Waals surface area contributed by atoms with Gasteiger partial charge in [-0.2, -0.15) is 0 Å². The van der Waals surface area contributed by atoms with Crippen LogP contribution in [-0.4, -0.2) is 6.09 Å². The molecule has 98 valence electrons. The minimum absolute atomic E-state index is 0.179. The fourth-order valence-corrected chi connectivity index (χ4v) is 1.93. The average Bonchev–Trinajstić information content (AvgIpc) is 2.42. The van der Waals surface area contributed by atoms with Gasteiger partial charge in [0.1, 0.15) is 12.4 Å². The standard InChI is InChI=1S/C14H11FINO2/c15-11-6-7-12(16)13(8-11)17-14(18)19-9-10-4-2-1-3-5-10/h1-8H,9H2,(H,17,18). The minimum atomic E-state index is -0.604. The molecule has 0 fully saturated rings. The number of ether oxygens (including phenoxy) is 1. The number of carbonyl (C=O) groups is 1. The van der Waals surface area contributed by atoms with Crippen LogP contribution in [0.15, 0.2) is 48.5 Å². The van der Waals surface area contributed by atoms with Gasteiger partial charge in [-0.3, -0.25) is 5.32 Å². The number of hydrogen-bond donors (Lipinski definition) is 1. The molecule has 0 radical (unpaired) electrons. The van der Waals surface area contributed by atoms with Gasteiger partial charge >= 0.3 is 6.09 Å². The van der Waals surface area contributed by atoms with Crippen molar-refractivity contribution in [2.75, 3.05) is 5.32 Å². The summed E-state index contributed by atoms with van der Waals surface area (Å²) >= 11 is 2.01. The molecule has 19 heavy (non-hydrogen) atoms. The van der Waals surface area contributed by atoms with Gasteiger partial charge in [-0.1, -0.05) is 30.3 Å². The molecule has 0 aromatic heterocycles. The molecule has 0 heterocycles. The van der Waals surface area contributed by atoms with E-state index in [1.165, 1.54) is 12.1 Å². The molecule has 0 unspecified atom stereocenters. The van der Waals surface area contributed by atoms with Gasteiger partial charge in [0.25, 0.3) is 0 Å². The van der Waals surface area contributed by atoms with E-state index in [9.17, 15) is 9.18 Å². The Morgan fingerprint density at radius 2 is 1.95 bits per heavy atom. The Kier molecular flexibility index (Phi) is 4.73. The second-order valence-corrected chi connectivity index (χ2v) is 4.97. The van der Waals surface area contributed by atoms with Crippen LogP contribution < -0.4 is 5.32 Å². The van der Waals surface area contributed by atoms with E-state index < -0.39 is 11.9 Å². The maximum absolute atomic E-state index is 13.1. The van der Waals surface area contributed by atoms with Crippen molar-refractivity contribution >= 4 is 34.4 Å². The van der Waals surface area contributed by atoms with E-state index in [-0.39, 0.29) is 6.61 Å². The van der Waals surface area contributed by atoms with Gasteiger partial charge in [0.15, 0.2) is 0 Å². The zero-order chi connectivity index (χ0) is 13.7. The molecule has 2 rings (SSSR count). The number of hydrogen-bond acceptors (Lipinski definition) is 2. The van der Waals surface area contributed by atoms with Crippen LogP contribution in [0.5, 0.6) is 0 Å². The fourth-order valence-electron chi connectivity index (χ4n) is 1.46. The molecule has 0 aliphatic carbocycles. The number of carbonyl (C=O) groups excluding carboxylic acids is 1. The third-order valence-electron chi connectivity index (χ3n) is 2.38. The second-order valence-electron chi connectivity index (χ2n) is 3.81. The lowest BCUT2D eigenvalue weighted by molar-refractivity contribution is 0.155. The molecule has 0 aliphatic heterocycles. The molecule has 0 saturated carbocycles. The van der Waals surface area contributed by atoms with E-state index in [2.05, 4.69) is 5.32 Å². The Morgan fingerprint density at radius 3 is 2.68 bits per heavy atom. The first-order chi connectivity index (χ1) is 9.15. The molecule has 0 bridgehead atoms. The number of halogens is 2. The minimum Gasteiger partial charge on any atom is -0.444 e. The molecule has 3 nitrogen and oxygen atoms in total. The van der Waals surface area contributed by atoms with Gasteiger partial charge < -0.3 is 4.74 Å². The van der Waals surface area contributed by atoms with Crippen molar-refractivity contribution < 1.29 is 13.9 Å². The first-order valence-electron chi connectivity index (χ1n) is 5.58. The third-order valence-corrected chi connectivity index (χ3v) is 3.32. The molecule has 2 aromatic rings. The zero-order valence-corrected chi connectivity index (χ0v) is 12.1. The van der Waals surface area contributed by atoms with E-state index in [1.54, 1.807) is 6.07 Å². The van der Waals surface area contributed by atoms with E-state index in [0.717, 1.165) is 9.13 Å². The average molecular weight is 371 g/mol. The summed E-state index contributed by atoms with van der Waals surface area (Å²) in [7, 11) is 0. The second kappa shape index (κ2) is 6.51. The van der Waals surface area contributed by atoms with Gasteiger partial charge in [-0.05, 0) is 46.4 Å². The summed E-state index contributed by atoms with van der Waals surface area (Å²) in [6.07, 6.45) is -0.604. The Hall–Kier alpha value is -1.63. The lowest BCUT2D eigenvalue weighted by atomic mass is 10.2. The van der Waals surface area contributed by atoms with E-state index >= 15 is 0 Å². The molecule has 0 atom stereocenters. The Morgan fingerprint density at radius 1 is 1.21 bits per heavy atom. The monoisotopic (exact) mass is 371 g/mol.